The fourth-order valence-corrected chi connectivity index (χ4v) is 2.13. The highest BCUT2D eigenvalue weighted by Gasteiger charge is 2.08. The van der Waals surface area contributed by atoms with Crippen LogP contribution in [-0.2, 0) is 13.0 Å². The van der Waals surface area contributed by atoms with Gasteiger partial charge >= 0.3 is 0 Å². The summed E-state index contributed by atoms with van der Waals surface area (Å²) in [5, 5.41) is 8.01. The van der Waals surface area contributed by atoms with E-state index in [-0.39, 0.29) is 0 Å². The molecule has 0 atom stereocenters. The molecule has 2 rings (SSSR count). The van der Waals surface area contributed by atoms with Crippen LogP contribution in [-0.4, -0.2) is 21.6 Å². The lowest BCUT2D eigenvalue weighted by Gasteiger charge is -2.08. The SMILES string of the molecule is CCCc1c(N)nnn1CCCOc1cccc(C)c1. The van der Waals surface area contributed by atoms with Crippen molar-refractivity contribution >= 4 is 5.82 Å². The average molecular weight is 274 g/mol. The molecule has 1 aromatic carbocycles. The van der Waals surface area contributed by atoms with Crippen molar-refractivity contribution < 1.29 is 4.74 Å². The second-order valence-corrected chi connectivity index (χ2v) is 4.91. The van der Waals surface area contributed by atoms with Crippen molar-refractivity contribution in [3.63, 3.8) is 0 Å². The summed E-state index contributed by atoms with van der Waals surface area (Å²) in [7, 11) is 0. The zero-order valence-electron chi connectivity index (χ0n) is 12.2. The molecule has 20 heavy (non-hydrogen) atoms. The Bertz CT molecular complexity index is 551. The molecule has 1 heterocycles. The van der Waals surface area contributed by atoms with E-state index in [9.17, 15) is 0 Å². The number of nitrogens with two attached hydrogens (primary N) is 1. The van der Waals surface area contributed by atoms with Crippen LogP contribution in [0.3, 0.4) is 0 Å². The largest absolute Gasteiger partial charge is 0.494 e. The van der Waals surface area contributed by atoms with Gasteiger partial charge in [-0.15, -0.1) is 5.10 Å². The number of aryl methyl sites for hydroxylation is 2. The highest BCUT2D eigenvalue weighted by molar-refractivity contribution is 5.32. The molecule has 0 spiro atoms. The van der Waals surface area contributed by atoms with Crippen LogP contribution in [0.4, 0.5) is 5.82 Å². The Morgan fingerprint density at radius 2 is 2.20 bits per heavy atom. The molecule has 0 saturated heterocycles. The van der Waals surface area contributed by atoms with Crippen molar-refractivity contribution in [3.05, 3.63) is 35.5 Å². The number of hydrogen-bond acceptors (Lipinski definition) is 4. The van der Waals surface area contributed by atoms with Crippen LogP contribution in [0, 0.1) is 6.92 Å². The Hall–Kier alpha value is -2.04. The second kappa shape index (κ2) is 6.93. The summed E-state index contributed by atoms with van der Waals surface area (Å²) < 4.78 is 7.61. The molecule has 2 aromatic rings. The van der Waals surface area contributed by atoms with E-state index in [4.69, 9.17) is 10.5 Å². The van der Waals surface area contributed by atoms with E-state index in [1.165, 1.54) is 5.56 Å². The molecule has 1 aromatic heterocycles. The maximum Gasteiger partial charge on any atom is 0.169 e. The normalized spacial score (nSPS) is 10.7. The molecular weight excluding hydrogens is 252 g/mol. The molecule has 0 unspecified atom stereocenters. The fourth-order valence-electron chi connectivity index (χ4n) is 2.13. The van der Waals surface area contributed by atoms with Crippen molar-refractivity contribution in [1.29, 1.82) is 0 Å². The van der Waals surface area contributed by atoms with Crippen LogP contribution >= 0.6 is 0 Å². The molecule has 0 fully saturated rings. The van der Waals surface area contributed by atoms with Crippen LogP contribution in [0.15, 0.2) is 24.3 Å². The van der Waals surface area contributed by atoms with Crippen LogP contribution in [0.1, 0.15) is 31.0 Å². The monoisotopic (exact) mass is 274 g/mol. The first-order valence-corrected chi connectivity index (χ1v) is 7.08. The molecule has 0 radical (unpaired) electrons. The average Bonchev–Trinajstić information content (AvgIpc) is 2.77. The van der Waals surface area contributed by atoms with Crippen molar-refractivity contribution in [3.8, 4) is 5.75 Å². The topological polar surface area (TPSA) is 66.0 Å². The Morgan fingerprint density at radius 3 is 2.95 bits per heavy atom. The predicted molar refractivity (Wildman–Crippen MR) is 79.7 cm³/mol. The first-order valence-electron chi connectivity index (χ1n) is 7.08. The summed E-state index contributed by atoms with van der Waals surface area (Å²) in [4.78, 5) is 0. The maximum absolute atomic E-state index is 5.81. The number of aromatic nitrogens is 3. The quantitative estimate of drug-likeness (QED) is 0.788. The predicted octanol–water partition coefficient (Wildman–Crippen LogP) is 2.59. The number of benzene rings is 1. The van der Waals surface area contributed by atoms with Crippen LogP contribution in [0.25, 0.3) is 0 Å². The molecule has 0 aliphatic carbocycles. The van der Waals surface area contributed by atoms with Crippen molar-refractivity contribution in [1.82, 2.24) is 15.0 Å². The molecular formula is C15H22N4O. The number of nitrogens with zero attached hydrogens (tertiary/aromatic N) is 3. The first kappa shape index (κ1) is 14.4. The second-order valence-electron chi connectivity index (χ2n) is 4.91. The van der Waals surface area contributed by atoms with Gasteiger partial charge in [0.15, 0.2) is 5.82 Å². The fraction of sp³-hybridized carbons (Fsp3) is 0.467. The highest BCUT2D eigenvalue weighted by atomic mass is 16.5. The Morgan fingerprint density at radius 1 is 1.35 bits per heavy atom. The number of rotatable bonds is 7. The molecule has 0 aliphatic heterocycles. The van der Waals surface area contributed by atoms with Gasteiger partial charge in [-0.1, -0.05) is 30.7 Å². The lowest BCUT2D eigenvalue weighted by Crippen LogP contribution is -2.09. The van der Waals surface area contributed by atoms with Crippen molar-refractivity contribution in [2.75, 3.05) is 12.3 Å². The molecule has 5 heteroatoms. The minimum Gasteiger partial charge on any atom is -0.494 e. The molecule has 0 aliphatic rings. The van der Waals surface area contributed by atoms with Gasteiger partial charge in [0.25, 0.3) is 0 Å². The summed E-state index contributed by atoms with van der Waals surface area (Å²) in [6.07, 6.45) is 2.84. The van der Waals surface area contributed by atoms with Gasteiger partial charge < -0.3 is 10.5 Å². The number of anilines is 1. The molecule has 0 saturated carbocycles. The van der Waals surface area contributed by atoms with Gasteiger partial charge in [-0.05, 0) is 31.0 Å². The van der Waals surface area contributed by atoms with Gasteiger partial charge in [-0.2, -0.15) is 0 Å². The zero-order valence-corrected chi connectivity index (χ0v) is 12.2. The Balaban J connectivity index is 1.81. The van der Waals surface area contributed by atoms with Gasteiger partial charge in [-0.3, -0.25) is 0 Å². The third-order valence-corrected chi connectivity index (χ3v) is 3.13. The molecule has 108 valence electrons. The first-order chi connectivity index (χ1) is 9.70. The van der Waals surface area contributed by atoms with E-state index in [0.717, 1.165) is 37.3 Å². The summed E-state index contributed by atoms with van der Waals surface area (Å²) in [5.74, 6) is 1.46. The van der Waals surface area contributed by atoms with E-state index in [1.54, 1.807) is 0 Å². The smallest absolute Gasteiger partial charge is 0.169 e. The van der Waals surface area contributed by atoms with Crippen LogP contribution < -0.4 is 10.5 Å². The van der Waals surface area contributed by atoms with E-state index in [1.807, 2.05) is 22.9 Å². The van der Waals surface area contributed by atoms with Gasteiger partial charge in [0, 0.05) is 13.0 Å². The van der Waals surface area contributed by atoms with Crippen LogP contribution in [0.5, 0.6) is 5.75 Å². The summed E-state index contributed by atoms with van der Waals surface area (Å²) in [5.41, 5.74) is 8.05. The maximum atomic E-state index is 5.81. The standard InChI is InChI=1S/C15H22N4O/c1-3-6-14-15(16)17-18-19(14)9-5-10-20-13-8-4-7-12(2)11-13/h4,7-8,11H,3,5-6,9-10,16H2,1-2H3. The molecule has 0 bridgehead atoms. The minimum atomic E-state index is 0.548. The lowest BCUT2D eigenvalue weighted by atomic mass is 10.2. The Labute approximate surface area is 119 Å². The third kappa shape index (κ3) is 3.73. The molecule has 2 N–H and O–H groups in total. The summed E-state index contributed by atoms with van der Waals surface area (Å²) >= 11 is 0. The van der Waals surface area contributed by atoms with Crippen molar-refractivity contribution in [2.24, 2.45) is 0 Å². The summed E-state index contributed by atoms with van der Waals surface area (Å²) in [6.45, 7) is 5.62. The van der Waals surface area contributed by atoms with Crippen LogP contribution in [0.2, 0.25) is 0 Å². The van der Waals surface area contributed by atoms with Crippen molar-refractivity contribution in [2.45, 2.75) is 39.7 Å². The number of hydrogen-bond donors (Lipinski definition) is 1. The highest BCUT2D eigenvalue weighted by Crippen LogP contribution is 2.13. The van der Waals surface area contributed by atoms with E-state index in [2.05, 4.69) is 30.2 Å². The Kier molecular flexibility index (Phi) is 4.98. The van der Waals surface area contributed by atoms with E-state index < -0.39 is 0 Å². The van der Waals surface area contributed by atoms with Gasteiger partial charge in [-0.25, -0.2) is 4.68 Å². The van der Waals surface area contributed by atoms with Gasteiger partial charge in [0.1, 0.15) is 5.75 Å². The lowest BCUT2D eigenvalue weighted by molar-refractivity contribution is 0.296. The summed E-state index contributed by atoms with van der Waals surface area (Å²) in [6, 6.07) is 8.07. The minimum absolute atomic E-state index is 0.548. The van der Waals surface area contributed by atoms with E-state index >= 15 is 0 Å². The van der Waals surface area contributed by atoms with E-state index in [0.29, 0.717) is 12.4 Å². The number of nitrogen functional groups attached to an aromatic ring is 1. The molecule has 0 amide bonds. The zero-order chi connectivity index (χ0) is 14.4. The number of ether oxygens (including phenoxy) is 1. The third-order valence-electron chi connectivity index (χ3n) is 3.13. The van der Waals surface area contributed by atoms with Gasteiger partial charge in [0.05, 0.1) is 12.3 Å². The van der Waals surface area contributed by atoms with Gasteiger partial charge in [0.2, 0.25) is 0 Å². The molecule has 5 nitrogen and oxygen atoms in total.